The molecule has 0 atom stereocenters. The van der Waals surface area contributed by atoms with Crippen molar-refractivity contribution in [3.63, 3.8) is 0 Å². The third-order valence-corrected chi connectivity index (χ3v) is 5.43. The third-order valence-electron chi connectivity index (χ3n) is 4.34. The van der Waals surface area contributed by atoms with Crippen molar-refractivity contribution in [3.8, 4) is 0 Å². The van der Waals surface area contributed by atoms with E-state index in [0.717, 1.165) is 16.1 Å². The van der Waals surface area contributed by atoms with Crippen LogP contribution in [0.4, 0.5) is 11.4 Å². The summed E-state index contributed by atoms with van der Waals surface area (Å²) < 4.78 is 0. The lowest BCUT2D eigenvalue weighted by molar-refractivity contribution is -0.120. The van der Waals surface area contributed by atoms with Crippen LogP contribution in [-0.4, -0.2) is 11.8 Å². The van der Waals surface area contributed by atoms with Gasteiger partial charge in [0.2, 0.25) is 0 Å². The van der Waals surface area contributed by atoms with Crippen molar-refractivity contribution in [2.45, 2.75) is 11.8 Å². The molecule has 0 bridgehead atoms. The van der Waals surface area contributed by atoms with E-state index in [-0.39, 0.29) is 11.8 Å². The lowest BCUT2D eigenvalue weighted by Crippen LogP contribution is -2.32. The normalized spacial score (nSPS) is 14.0. The predicted molar refractivity (Wildman–Crippen MR) is 113 cm³/mol. The highest BCUT2D eigenvalue weighted by atomic mass is 32.2. The molecule has 0 radical (unpaired) electrons. The van der Waals surface area contributed by atoms with Crippen LogP contribution in [0.2, 0.25) is 0 Å². The number of benzene rings is 3. The van der Waals surface area contributed by atoms with Crippen molar-refractivity contribution in [1.82, 2.24) is 0 Å². The number of hydrogen-bond acceptors (Lipinski definition) is 4. The lowest BCUT2D eigenvalue weighted by atomic mass is 10.2. The van der Waals surface area contributed by atoms with Gasteiger partial charge in [-0.1, -0.05) is 65.9 Å². The summed E-state index contributed by atoms with van der Waals surface area (Å²) in [6.45, 7) is 1.97. The van der Waals surface area contributed by atoms with Gasteiger partial charge in [0.1, 0.15) is 10.6 Å². The van der Waals surface area contributed by atoms with Gasteiger partial charge in [0.15, 0.2) is 0 Å². The summed E-state index contributed by atoms with van der Waals surface area (Å²) in [5, 5.41) is 3.15. The molecule has 28 heavy (non-hydrogen) atoms. The fraction of sp³-hybridized carbons (Fsp3) is 0.0435. The fourth-order valence-electron chi connectivity index (χ4n) is 2.92. The summed E-state index contributed by atoms with van der Waals surface area (Å²) in [5.74, 6) is -0.669. The molecule has 5 heteroatoms. The van der Waals surface area contributed by atoms with Gasteiger partial charge in [0.05, 0.1) is 5.69 Å². The Labute approximate surface area is 167 Å². The molecule has 0 spiro atoms. The molecule has 1 aliphatic rings. The molecule has 1 heterocycles. The predicted octanol–water partition coefficient (Wildman–Crippen LogP) is 4.98. The van der Waals surface area contributed by atoms with E-state index < -0.39 is 0 Å². The minimum Gasteiger partial charge on any atom is -0.350 e. The van der Waals surface area contributed by atoms with Crippen molar-refractivity contribution in [3.05, 3.63) is 101 Å². The van der Waals surface area contributed by atoms with Crippen molar-refractivity contribution in [2.24, 2.45) is 0 Å². The Morgan fingerprint density at radius 2 is 1.36 bits per heavy atom. The molecule has 0 aromatic heterocycles. The molecule has 0 aliphatic carbocycles. The number of rotatable bonds is 5. The second-order valence-electron chi connectivity index (χ2n) is 6.39. The molecule has 4 nitrogen and oxygen atoms in total. The SMILES string of the molecule is Cc1ccc(N2C(=O)C(Nc3ccccc3)=C(Sc3ccccc3)C2=O)cc1. The van der Waals surface area contributed by atoms with Crippen LogP contribution >= 0.6 is 11.8 Å². The quantitative estimate of drug-likeness (QED) is 0.628. The molecule has 0 fully saturated rings. The summed E-state index contributed by atoms with van der Waals surface area (Å²) >= 11 is 1.30. The zero-order chi connectivity index (χ0) is 19.5. The van der Waals surface area contributed by atoms with Gasteiger partial charge < -0.3 is 5.32 Å². The van der Waals surface area contributed by atoms with Gasteiger partial charge in [0, 0.05) is 10.6 Å². The van der Waals surface area contributed by atoms with Crippen molar-refractivity contribution >= 4 is 35.0 Å². The Hall–Kier alpha value is -3.31. The van der Waals surface area contributed by atoms with E-state index in [2.05, 4.69) is 5.32 Å². The number of hydrogen-bond donors (Lipinski definition) is 1. The third kappa shape index (κ3) is 3.57. The van der Waals surface area contributed by atoms with E-state index in [1.54, 1.807) is 12.1 Å². The summed E-state index contributed by atoms with van der Waals surface area (Å²) in [5.41, 5.74) is 2.69. The first-order valence-electron chi connectivity index (χ1n) is 8.88. The number of amides is 2. The largest absolute Gasteiger partial charge is 0.350 e. The number of imide groups is 1. The lowest BCUT2D eigenvalue weighted by Gasteiger charge is -2.15. The first-order valence-corrected chi connectivity index (χ1v) is 9.70. The number of nitrogens with zero attached hydrogens (tertiary/aromatic N) is 1. The molecule has 3 aromatic rings. The first-order chi connectivity index (χ1) is 13.6. The molecule has 138 valence electrons. The van der Waals surface area contributed by atoms with Crippen LogP contribution < -0.4 is 10.2 Å². The maximum absolute atomic E-state index is 13.2. The Morgan fingerprint density at radius 3 is 2.00 bits per heavy atom. The highest BCUT2D eigenvalue weighted by Crippen LogP contribution is 2.37. The number of carbonyl (C=O) groups is 2. The highest BCUT2D eigenvalue weighted by Gasteiger charge is 2.40. The molecule has 1 N–H and O–H groups in total. The molecule has 2 amide bonds. The average molecular weight is 386 g/mol. The molecule has 4 rings (SSSR count). The first kappa shape index (κ1) is 18.1. The monoisotopic (exact) mass is 386 g/mol. The molecule has 0 saturated carbocycles. The van der Waals surface area contributed by atoms with E-state index in [0.29, 0.717) is 16.3 Å². The number of anilines is 2. The van der Waals surface area contributed by atoms with Crippen LogP contribution in [-0.2, 0) is 9.59 Å². The van der Waals surface area contributed by atoms with E-state index in [4.69, 9.17) is 0 Å². The summed E-state index contributed by atoms with van der Waals surface area (Å²) in [6.07, 6.45) is 0. The smallest absolute Gasteiger partial charge is 0.283 e. The second-order valence-corrected chi connectivity index (χ2v) is 7.48. The average Bonchev–Trinajstić information content (AvgIpc) is 2.94. The Bertz CT molecular complexity index is 981. The van der Waals surface area contributed by atoms with Gasteiger partial charge in [-0.3, -0.25) is 9.59 Å². The van der Waals surface area contributed by atoms with Gasteiger partial charge >= 0.3 is 0 Å². The van der Waals surface area contributed by atoms with E-state index >= 15 is 0 Å². The minimum absolute atomic E-state index is 0.297. The van der Waals surface area contributed by atoms with E-state index in [1.165, 1.54) is 16.7 Å². The van der Waals surface area contributed by atoms with Gasteiger partial charge in [-0.15, -0.1) is 0 Å². The number of carbonyl (C=O) groups excluding carboxylic acids is 2. The Balaban J connectivity index is 1.74. The van der Waals surface area contributed by atoms with Crippen molar-refractivity contribution < 1.29 is 9.59 Å². The molecule has 1 aliphatic heterocycles. The summed E-state index contributed by atoms with van der Waals surface area (Å²) in [6, 6.07) is 26.3. The fourth-order valence-corrected chi connectivity index (χ4v) is 3.86. The number of para-hydroxylation sites is 1. The topological polar surface area (TPSA) is 49.4 Å². The van der Waals surface area contributed by atoms with Crippen LogP contribution in [0, 0.1) is 6.92 Å². The van der Waals surface area contributed by atoms with Crippen molar-refractivity contribution in [1.29, 1.82) is 0 Å². The maximum Gasteiger partial charge on any atom is 0.283 e. The molecular weight excluding hydrogens is 368 g/mol. The highest BCUT2D eigenvalue weighted by molar-refractivity contribution is 8.04. The summed E-state index contributed by atoms with van der Waals surface area (Å²) in [7, 11) is 0. The molecular formula is C23H18N2O2S. The van der Waals surface area contributed by atoms with Crippen LogP contribution in [0.1, 0.15) is 5.56 Å². The van der Waals surface area contributed by atoms with Gasteiger partial charge in [0.25, 0.3) is 11.8 Å². The Morgan fingerprint density at radius 1 is 0.750 bits per heavy atom. The van der Waals surface area contributed by atoms with Gasteiger partial charge in [-0.2, -0.15) is 0 Å². The van der Waals surface area contributed by atoms with Crippen LogP contribution in [0.3, 0.4) is 0 Å². The number of aryl methyl sites for hydroxylation is 1. The van der Waals surface area contributed by atoms with E-state index in [9.17, 15) is 9.59 Å². The molecule has 3 aromatic carbocycles. The zero-order valence-corrected chi connectivity index (χ0v) is 16.1. The standard InChI is InChI=1S/C23H18N2O2S/c1-16-12-14-18(15-13-16)25-22(26)20(24-17-8-4-2-5-9-17)21(23(25)27)28-19-10-6-3-7-11-19/h2-15,24H,1H3. The zero-order valence-electron chi connectivity index (χ0n) is 15.3. The second kappa shape index (κ2) is 7.74. The van der Waals surface area contributed by atoms with Gasteiger partial charge in [-0.25, -0.2) is 4.90 Å². The summed E-state index contributed by atoms with van der Waals surface area (Å²) in [4.78, 5) is 28.9. The maximum atomic E-state index is 13.2. The molecule has 0 saturated heterocycles. The minimum atomic E-state index is -0.351. The van der Waals surface area contributed by atoms with Crippen LogP contribution in [0.25, 0.3) is 0 Å². The number of thioether (sulfide) groups is 1. The molecule has 0 unspecified atom stereocenters. The van der Waals surface area contributed by atoms with Crippen LogP contribution in [0.5, 0.6) is 0 Å². The van der Waals surface area contributed by atoms with Gasteiger partial charge in [-0.05, 0) is 43.3 Å². The number of nitrogens with one attached hydrogen (secondary N) is 1. The van der Waals surface area contributed by atoms with E-state index in [1.807, 2.05) is 79.7 Å². The van der Waals surface area contributed by atoms with Crippen LogP contribution in [0.15, 0.2) is 100 Å². The Kier molecular flexibility index (Phi) is 5.00. The van der Waals surface area contributed by atoms with Crippen molar-refractivity contribution in [2.75, 3.05) is 10.2 Å².